The van der Waals surface area contributed by atoms with E-state index in [4.69, 9.17) is 14.2 Å². The highest BCUT2D eigenvalue weighted by Gasteiger charge is 2.19. The maximum absolute atomic E-state index is 12.9. The molecule has 0 aliphatic rings. The molecule has 69 heavy (non-hydrogen) atoms. The molecule has 0 fully saturated rings. The minimum atomic E-state index is -0.778. The van der Waals surface area contributed by atoms with Gasteiger partial charge < -0.3 is 14.2 Å². The van der Waals surface area contributed by atoms with Gasteiger partial charge in [0.2, 0.25) is 0 Å². The number of rotatable bonds is 55. The predicted molar refractivity (Wildman–Crippen MR) is 298 cm³/mol. The lowest BCUT2D eigenvalue weighted by Crippen LogP contribution is -2.30. The van der Waals surface area contributed by atoms with Gasteiger partial charge in [-0.05, 0) is 83.5 Å². The number of carbonyl (C=O) groups excluding carboxylic acids is 3. The van der Waals surface area contributed by atoms with Crippen LogP contribution in [0.2, 0.25) is 0 Å². The van der Waals surface area contributed by atoms with Crippen molar-refractivity contribution in [1.82, 2.24) is 0 Å². The smallest absolute Gasteiger partial charge is 0.306 e. The normalized spacial score (nSPS) is 12.3. The molecule has 0 aliphatic carbocycles. The van der Waals surface area contributed by atoms with Crippen molar-refractivity contribution in [1.29, 1.82) is 0 Å². The van der Waals surface area contributed by atoms with E-state index in [-0.39, 0.29) is 31.1 Å². The average molecular weight is 968 g/mol. The first-order valence-electron chi connectivity index (χ1n) is 30.1. The van der Waals surface area contributed by atoms with Gasteiger partial charge >= 0.3 is 17.9 Å². The lowest BCUT2D eigenvalue weighted by Gasteiger charge is -2.18. The molecule has 0 spiro atoms. The molecule has 0 bridgehead atoms. The molecule has 6 heteroatoms. The number of allylic oxidation sites excluding steroid dienone is 8. The Hall–Kier alpha value is -2.63. The second-order valence-corrected chi connectivity index (χ2v) is 20.3. The summed E-state index contributed by atoms with van der Waals surface area (Å²) in [5, 5.41) is 0. The van der Waals surface area contributed by atoms with Crippen molar-refractivity contribution in [2.24, 2.45) is 0 Å². The van der Waals surface area contributed by atoms with Crippen LogP contribution in [0.5, 0.6) is 0 Å². The van der Waals surface area contributed by atoms with Gasteiger partial charge in [-0.2, -0.15) is 0 Å². The van der Waals surface area contributed by atoms with E-state index < -0.39 is 6.10 Å². The summed E-state index contributed by atoms with van der Waals surface area (Å²) in [6, 6.07) is 0. The Morgan fingerprint density at radius 1 is 0.290 bits per heavy atom. The van der Waals surface area contributed by atoms with Gasteiger partial charge in [0.05, 0.1) is 0 Å². The zero-order valence-corrected chi connectivity index (χ0v) is 46.1. The Kier molecular flexibility index (Phi) is 55.7. The first-order chi connectivity index (χ1) is 34.0. The third-order valence-corrected chi connectivity index (χ3v) is 13.3. The molecule has 0 radical (unpaired) electrons. The van der Waals surface area contributed by atoms with Crippen molar-refractivity contribution in [3.63, 3.8) is 0 Å². The van der Waals surface area contributed by atoms with Crippen molar-refractivity contribution >= 4 is 17.9 Å². The molecule has 0 saturated carbocycles. The number of hydrogen-bond donors (Lipinski definition) is 0. The highest BCUT2D eigenvalue weighted by Crippen LogP contribution is 2.16. The second kappa shape index (κ2) is 57.9. The van der Waals surface area contributed by atoms with Crippen LogP contribution >= 0.6 is 0 Å². The molecule has 0 aromatic heterocycles. The first kappa shape index (κ1) is 66.4. The summed E-state index contributed by atoms with van der Waals surface area (Å²) in [7, 11) is 0. The predicted octanol–water partition coefficient (Wildman–Crippen LogP) is 20.2. The van der Waals surface area contributed by atoms with Crippen molar-refractivity contribution in [2.45, 2.75) is 322 Å². The topological polar surface area (TPSA) is 78.9 Å². The molecule has 0 aromatic carbocycles. The van der Waals surface area contributed by atoms with E-state index >= 15 is 0 Å². The monoisotopic (exact) mass is 967 g/mol. The zero-order valence-electron chi connectivity index (χ0n) is 46.1. The molecule has 0 N–H and O–H groups in total. The Morgan fingerprint density at radius 3 is 0.826 bits per heavy atom. The fraction of sp³-hybridized carbons (Fsp3) is 0.825. The van der Waals surface area contributed by atoms with Gasteiger partial charge in [0.25, 0.3) is 0 Å². The Bertz CT molecular complexity index is 1200. The molecule has 6 nitrogen and oxygen atoms in total. The quantitative estimate of drug-likeness (QED) is 0.0262. The van der Waals surface area contributed by atoms with Gasteiger partial charge in [-0.25, -0.2) is 0 Å². The summed E-state index contributed by atoms with van der Waals surface area (Å²) in [6.45, 7) is 6.64. The number of ether oxygens (including phenoxy) is 3. The lowest BCUT2D eigenvalue weighted by molar-refractivity contribution is -0.167. The molecule has 0 amide bonds. The molecule has 0 saturated heterocycles. The number of carbonyl (C=O) groups is 3. The van der Waals surface area contributed by atoms with Crippen molar-refractivity contribution in [3.05, 3.63) is 48.6 Å². The third-order valence-electron chi connectivity index (χ3n) is 13.3. The molecule has 0 aromatic rings. The highest BCUT2D eigenvalue weighted by atomic mass is 16.6. The Morgan fingerprint density at radius 2 is 0.522 bits per heavy atom. The van der Waals surface area contributed by atoms with Gasteiger partial charge in [-0.15, -0.1) is 0 Å². The van der Waals surface area contributed by atoms with Gasteiger partial charge in [-0.1, -0.05) is 262 Å². The van der Waals surface area contributed by atoms with Crippen LogP contribution in [-0.2, 0) is 28.6 Å². The summed E-state index contributed by atoms with van der Waals surface area (Å²) >= 11 is 0. The van der Waals surface area contributed by atoms with Crippen LogP contribution in [0, 0.1) is 0 Å². The minimum Gasteiger partial charge on any atom is -0.462 e. The van der Waals surface area contributed by atoms with E-state index in [1.165, 1.54) is 193 Å². The van der Waals surface area contributed by atoms with Gasteiger partial charge in [-0.3, -0.25) is 14.4 Å². The highest BCUT2D eigenvalue weighted by molar-refractivity contribution is 5.71. The largest absolute Gasteiger partial charge is 0.462 e. The maximum atomic E-state index is 12.9. The van der Waals surface area contributed by atoms with Crippen LogP contribution in [0.1, 0.15) is 316 Å². The van der Waals surface area contributed by atoms with Crippen molar-refractivity contribution in [3.8, 4) is 0 Å². The minimum absolute atomic E-state index is 0.0756. The SMILES string of the molecule is CCCCCCC/C=C\C/C=C\C/C=C\CCCCCCCCCCC(=O)OCC(COC(=O)CCCCCCCCCCCCCCC)OC(=O)CCCCCCC/C=C\CCCCCCCC. The van der Waals surface area contributed by atoms with Crippen LogP contribution in [0.3, 0.4) is 0 Å². The van der Waals surface area contributed by atoms with E-state index in [1.807, 2.05) is 0 Å². The molecular formula is C63H114O6. The van der Waals surface area contributed by atoms with Crippen molar-refractivity contribution < 1.29 is 28.6 Å². The molecule has 1 atom stereocenters. The van der Waals surface area contributed by atoms with Gasteiger partial charge in [0, 0.05) is 19.3 Å². The van der Waals surface area contributed by atoms with E-state index in [0.29, 0.717) is 19.3 Å². The zero-order chi connectivity index (χ0) is 50.0. The first-order valence-corrected chi connectivity index (χ1v) is 30.1. The van der Waals surface area contributed by atoms with Crippen LogP contribution in [0.4, 0.5) is 0 Å². The van der Waals surface area contributed by atoms with E-state index in [2.05, 4.69) is 69.4 Å². The van der Waals surface area contributed by atoms with E-state index in [1.54, 1.807) is 0 Å². The van der Waals surface area contributed by atoms with Crippen LogP contribution < -0.4 is 0 Å². The van der Waals surface area contributed by atoms with E-state index in [0.717, 1.165) is 83.5 Å². The molecule has 0 heterocycles. The van der Waals surface area contributed by atoms with Crippen molar-refractivity contribution in [2.75, 3.05) is 13.2 Å². The summed E-state index contributed by atoms with van der Waals surface area (Å²) < 4.78 is 16.9. The number of hydrogen-bond acceptors (Lipinski definition) is 6. The van der Waals surface area contributed by atoms with Crippen LogP contribution in [0.15, 0.2) is 48.6 Å². The molecular weight excluding hydrogens is 853 g/mol. The Labute approximate surface area is 428 Å². The fourth-order valence-electron chi connectivity index (χ4n) is 8.74. The maximum Gasteiger partial charge on any atom is 0.306 e. The second-order valence-electron chi connectivity index (χ2n) is 20.3. The van der Waals surface area contributed by atoms with Gasteiger partial charge in [0.1, 0.15) is 13.2 Å². The standard InChI is InChI=1S/C63H114O6/c1-4-7-10-13-16-19-22-25-27-28-29-30-31-32-33-34-36-38-41-44-47-50-53-56-62(65)68-59-60(58-67-61(64)55-52-49-46-43-40-37-24-21-18-15-12-9-6-3)69-63(66)57-54-51-48-45-42-39-35-26-23-20-17-14-11-8-5-2/h22,25-26,28-29,31-32,35,60H,4-21,23-24,27,30,33-34,36-59H2,1-3H3/b25-22-,29-28-,32-31-,35-26-. The molecule has 0 rings (SSSR count). The summed E-state index contributed by atoms with van der Waals surface area (Å²) in [5.41, 5.74) is 0. The summed E-state index contributed by atoms with van der Waals surface area (Å²) in [6.07, 6.45) is 71.0. The fourth-order valence-corrected chi connectivity index (χ4v) is 8.74. The number of unbranched alkanes of at least 4 members (excludes halogenated alkanes) is 36. The Balaban J connectivity index is 4.32. The molecule has 402 valence electrons. The number of esters is 3. The van der Waals surface area contributed by atoms with Crippen LogP contribution in [-0.4, -0.2) is 37.2 Å². The summed E-state index contributed by atoms with van der Waals surface area (Å²) in [5.74, 6) is -0.876. The molecule has 0 aliphatic heterocycles. The third kappa shape index (κ3) is 56.2. The van der Waals surface area contributed by atoms with Crippen LogP contribution in [0.25, 0.3) is 0 Å². The van der Waals surface area contributed by atoms with Gasteiger partial charge in [0.15, 0.2) is 6.10 Å². The lowest BCUT2D eigenvalue weighted by atomic mass is 10.0. The average Bonchev–Trinajstić information content (AvgIpc) is 3.35. The summed E-state index contributed by atoms with van der Waals surface area (Å²) in [4.78, 5) is 38.2. The van der Waals surface area contributed by atoms with E-state index in [9.17, 15) is 14.4 Å². The molecule has 1 unspecified atom stereocenters.